The standard InChI is InChI=1S/C12H15FN2O2/c13-10-6-8(14)2-3-9(10)12(11(16)17)4-1-5-15-7-12/h2-3,6,15H,1,4-5,7,14H2,(H,16,17). The largest absolute Gasteiger partial charge is 0.481 e. The Labute approximate surface area is 98.6 Å². The van der Waals surface area contributed by atoms with Crippen LogP contribution in [0, 0.1) is 5.82 Å². The Hall–Kier alpha value is -1.62. The number of anilines is 1. The number of benzene rings is 1. The Kier molecular flexibility index (Phi) is 3.02. The Morgan fingerprint density at radius 3 is 2.82 bits per heavy atom. The summed E-state index contributed by atoms with van der Waals surface area (Å²) < 4.78 is 13.9. The van der Waals surface area contributed by atoms with Crippen LogP contribution in [0.4, 0.5) is 10.1 Å². The van der Waals surface area contributed by atoms with Crippen molar-refractivity contribution in [3.63, 3.8) is 0 Å². The van der Waals surface area contributed by atoms with Gasteiger partial charge in [-0.25, -0.2) is 4.39 Å². The molecule has 0 radical (unpaired) electrons. The molecule has 0 saturated carbocycles. The van der Waals surface area contributed by atoms with Crippen molar-refractivity contribution in [2.45, 2.75) is 18.3 Å². The van der Waals surface area contributed by atoms with Crippen LogP contribution in [0.1, 0.15) is 18.4 Å². The lowest BCUT2D eigenvalue weighted by atomic mass is 9.74. The molecule has 0 bridgehead atoms. The van der Waals surface area contributed by atoms with Crippen molar-refractivity contribution in [2.24, 2.45) is 0 Å². The van der Waals surface area contributed by atoms with Gasteiger partial charge in [0.15, 0.2) is 0 Å². The number of aliphatic carboxylic acids is 1. The van der Waals surface area contributed by atoms with Gasteiger partial charge in [0.25, 0.3) is 0 Å². The molecule has 2 rings (SSSR count). The minimum atomic E-state index is -1.17. The van der Waals surface area contributed by atoms with Gasteiger partial charge in [0.2, 0.25) is 0 Å². The van der Waals surface area contributed by atoms with Gasteiger partial charge in [0.05, 0.1) is 0 Å². The molecule has 5 heteroatoms. The molecule has 4 nitrogen and oxygen atoms in total. The maximum absolute atomic E-state index is 13.9. The van der Waals surface area contributed by atoms with E-state index in [0.717, 1.165) is 13.0 Å². The van der Waals surface area contributed by atoms with Crippen molar-refractivity contribution < 1.29 is 14.3 Å². The molecule has 1 unspecified atom stereocenters. The van der Waals surface area contributed by atoms with E-state index in [2.05, 4.69) is 5.32 Å². The van der Waals surface area contributed by atoms with Crippen LogP contribution < -0.4 is 11.1 Å². The highest BCUT2D eigenvalue weighted by molar-refractivity contribution is 5.82. The zero-order valence-corrected chi connectivity index (χ0v) is 9.37. The number of hydrogen-bond acceptors (Lipinski definition) is 3. The molecule has 1 saturated heterocycles. The highest BCUT2D eigenvalue weighted by Crippen LogP contribution is 2.34. The molecule has 1 atom stereocenters. The fraction of sp³-hybridized carbons (Fsp3) is 0.417. The van der Waals surface area contributed by atoms with Crippen LogP contribution >= 0.6 is 0 Å². The summed E-state index contributed by atoms with van der Waals surface area (Å²) in [6.45, 7) is 1.02. The second-order valence-corrected chi connectivity index (χ2v) is 4.41. The maximum atomic E-state index is 13.9. The number of rotatable bonds is 2. The average molecular weight is 238 g/mol. The highest BCUT2D eigenvalue weighted by Gasteiger charge is 2.43. The van der Waals surface area contributed by atoms with E-state index < -0.39 is 17.2 Å². The maximum Gasteiger partial charge on any atom is 0.315 e. The van der Waals surface area contributed by atoms with Crippen molar-refractivity contribution in [1.29, 1.82) is 0 Å². The quantitative estimate of drug-likeness (QED) is 0.675. The zero-order valence-electron chi connectivity index (χ0n) is 9.37. The minimum absolute atomic E-state index is 0.214. The van der Waals surface area contributed by atoms with Crippen molar-refractivity contribution in [3.05, 3.63) is 29.6 Å². The van der Waals surface area contributed by atoms with Gasteiger partial charge in [-0.15, -0.1) is 0 Å². The summed E-state index contributed by atoms with van der Waals surface area (Å²) in [5.41, 5.74) is 4.82. The predicted octanol–water partition coefficient (Wildman–Crippen LogP) is 1.11. The molecule has 1 fully saturated rings. The van der Waals surface area contributed by atoms with E-state index in [1.165, 1.54) is 18.2 Å². The Morgan fingerprint density at radius 2 is 2.29 bits per heavy atom. The number of nitrogen functional groups attached to an aromatic ring is 1. The van der Waals surface area contributed by atoms with Gasteiger partial charge in [-0.05, 0) is 31.5 Å². The van der Waals surface area contributed by atoms with Crippen LogP contribution in [0.25, 0.3) is 0 Å². The molecule has 1 aromatic carbocycles. The first kappa shape index (κ1) is 11.9. The lowest BCUT2D eigenvalue weighted by molar-refractivity contribution is -0.144. The fourth-order valence-electron chi connectivity index (χ4n) is 2.35. The van der Waals surface area contributed by atoms with Crippen LogP contribution in [0.3, 0.4) is 0 Å². The third kappa shape index (κ3) is 1.98. The molecule has 92 valence electrons. The van der Waals surface area contributed by atoms with Crippen LogP contribution in [-0.4, -0.2) is 24.2 Å². The van der Waals surface area contributed by atoms with E-state index in [-0.39, 0.29) is 12.1 Å². The highest BCUT2D eigenvalue weighted by atomic mass is 19.1. The van der Waals surface area contributed by atoms with Crippen molar-refractivity contribution >= 4 is 11.7 Å². The van der Waals surface area contributed by atoms with Gasteiger partial charge in [0, 0.05) is 17.8 Å². The Balaban J connectivity index is 2.49. The third-order valence-electron chi connectivity index (χ3n) is 3.30. The van der Waals surface area contributed by atoms with Gasteiger partial charge >= 0.3 is 5.97 Å². The normalized spacial score (nSPS) is 24.5. The molecular weight excluding hydrogens is 223 g/mol. The molecule has 0 spiro atoms. The van der Waals surface area contributed by atoms with Gasteiger partial charge in [0.1, 0.15) is 11.2 Å². The monoisotopic (exact) mass is 238 g/mol. The number of carboxylic acids is 1. The number of piperidine rings is 1. The van der Waals surface area contributed by atoms with Crippen LogP contribution in [0.15, 0.2) is 18.2 Å². The molecule has 17 heavy (non-hydrogen) atoms. The topological polar surface area (TPSA) is 75.4 Å². The lowest BCUT2D eigenvalue weighted by Gasteiger charge is -2.34. The van der Waals surface area contributed by atoms with E-state index in [1.807, 2.05) is 0 Å². The van der Waals surface area contributed by atoms with Gasteiger partial charge in [-0.3, -0.25) is 4.79 Å². The van der Waals surface area contributed by atoms with Crippen LogP contribution in [0.5, 0.6) is 0 Å². The van der Waals surface area contributed by atoms with E-state index in [4.69, 9.17) is 5.73 Å². The third-order valence-corrected chi connectivity index (χ3v) is 3.30. The number of carboxylic acid groups (broad SMARTS) is 1. The van der Waals surface area contributed by atoms with E-state index in [9.17, 15) is 14.3 Å². The second-order valence-electron chi connectivity index (χ2n) is 4.41. The first-order valence-corrected chi connectivity index (χ1v) is 5.56. The summed E-state index contributed by atoms with van der Waals surface area (Å²) in [6, 6.07) is 4.19. The lowest BCUT2D eigenvalue weighted by Crippen LogP contribution is -2.49. The Morgan fingerprint density at radius 1 is 1.53 bits per heavy atom. The number of carbonyl (C=O) groups is 1. The number of halogens is 1. The smallest absolute Gasteiger partial charge is 0.315 e. The molecule has 1 aliphatic heterocycles. The zero-order chi connectivity index (χ0) is 12.5. The summed E-state index contributed by atoms with van der Waals surface area (Å²) >= 11 is 0. The first-order valence-electron chi connectivity index (χ1n) is 5.56. The second kappa shape index (κ2) is 4.33. The number of nitrogens with one attached hydrogen (secondary N) is 1. The van der Waals surface area contributed by atoms with E-state index in [0.29, 0.717) is 12.1 Å². The molecule has 0 amide bonds. The molecule has 1 aromatic rings. The summed E-state index contributed by atoms with van der Waals surface area (Å²) in [5.74, 6) is -1.54. The number of nitrogens with two attached hydrogens (primary N) is 1. The van der Waals surface area contributed by atoms with Crippen LogP contribution in [0.2, 0.25) is 0 Å². The van der Waals surface area contributed by atoms with E-state index in [1.54, 1.807) is 0 Å². The predicted molar refractivity (Wildman–Crippen MR) is 62.2 cm³/mol. The average Bonchev–Trinajstić information content (AvgIpc) is 2.29. The summed E-state index contributed by atoms with van der Waals surface area (Å²) in [7, 11) is 0. The molecular formula is C12H15FN2O2. The SMILES string of the molecule is Nc1ccc(C2(C(=O)O)CCCNC2)c(F)c1. The molecule has 1 aliphatic rings. The summed E-state index contributed by atoms with van der Waals surface area (Å²) in [5, 5.41) is 12.4. The van der Waals surface area contributed by atoms with Crippen molar-refractivity contribution in [2.75, 3.05) is 18.8 Å². The Bertz CT molecular complexity index is 442. The minimum Gasteiger partial charge on any atom is -0.481 e. The van der Waals surface area contributed by atoms with E-state index >= 15 is 0 Å². The molecule has 1 heterocycles. The fourth-order valence-corrected chi connectivity index (χ4v) is 2.35. The summed E-state index contributed by atoms with van der Waals surface area (Å²) in [4.78, 5) is 11.5. The van der Waals surface area contributed by atoms with Crippen molar-refractivity contribution in [1.82, 2.24) is 5.32 Å². The molecule has 0 aromatic heterocycles. The van der Waals surface area contributed by atoms with Gasteiger partial charge in [-0.2, -0.15) is 0 Å². The first-order chi connectivity index (χ1) is 8.06. The molecule has 0 aliphatic carbocycles. The van der Waals surface area contributed by atoms with Gasteiger partial charge in [-0.1, -0.05) is 6.07 Å². The van der Waals surface area contributed by atoms with Gasteiger partial charge < -0.3 is 16.2 Å². The number of hydrogen-bond donors (Lipinski definition) is 3. The van der Waals surface area contributed by atoms with Crippen LogP contribution in [-0.2, 0) is 10.2 Å². The molecule has 4 N–H and O–H groups in total. The summed E-state index contributed by atoms with van der Waals surface area (Å²) in [6.07, 6.45) is 1.16. The van der Waals surface area contributed by atoms with Crippen molar-refractivity contribution in [3.8, 4) is 0 Å².